The number of anilines is 1. The molecule has 1 aromatic carbocycles. The summed E-state index contributed by atoms with van der Waals surface area (Å²) in [5.41, 5.74) is 1.64. The summed E-state index contributed by atoms with van der Waals surface area (Å²) in [6, 6.07) is 8.76. The van der Waals surface area contributed by atoms with Gasteiger partial charge < -0.3 is 15.4 Å². The molecule has 1 heterocycles. The Bertz CT molecular complexity index is 747. The lowest BCUT2D eigenvalue weighted by molar-refractivity contribution is -0.146. The molecule has 0 fully saturated rings. The molecule has 0 unspecified atom stereocenters. The number of rotatable bonds is 6. The van der Waals surface area contributed by atoms with Crippen LogP contribution in [0.4, 0.5) is 5.69 Å². The molecule has 2 rings (SSSR count). The van der Waals surface area contributed by atoms with Crippen molar-refractivity contribution in [3.63, 3.8) is 0 Å². The quantitative estimate of drug-likeness (QED) is 0.716. The maximum atomic E-state index is 11.7. The van der Waals surface area contributed by atoms with E-state index in [1.54, 1.807) is 29.6 Å². The minimum atomic E-state index is -0.680. The van der Waals surface area contributed by atoms with Crippen molar-refractivity contribution in [3.05, 3.63) is 50.6 Å². The summed E-state index contributed by atoms with van der Waals surface area (Å²) in [6.07, 6.45) is 0. The van der Waals surface area contributed by atoms with Crippen LogP contribution < -0.4 is 10.6 Å². The van der Waals surface area contributed by atoms with Crippen LogP contribution in [0.1, 0.15) is 15.2 Å². The van der Waals surface area contributed by atoms with Gasteiger partial charge >= 0.3 is 5.97 Å². The molecule has 2 aromatic rings. The SMILES string of the molecule is Cc1ccc(NC(=O)COC(=O)CNC(=O)c2cccs2)cc1Br. The Balaban J connectivity index is 1.72. The zero-order valence-electron chi connectivity index (χ0n) is 12.8. The first-order chi connectivity index (χ1) is 11.5. The van der Waals surface area contributed by atoms with Crippen molar-refractivity contribution in [1.82, 2.24) is 5.32 Å². The standard InChI is InChI=1S/C16H15BrN2O4S/c1-10-4-5-11(7-12(10)17)19-14(20)9-23-15(21)8-18-16(22)13-3-2-6-24-13/h2-7H,8-9H2,1H3,(H,18,22)(H,19,20). The van der Waals surface area contributed by atoms with Gasteiger partial charge in [-0.1, -0.05) is 28.1 Å². The van der Waals surface area contributed by atoms with Crippen LogP contribution in [0.3, 0.4) is 0 Å². The Hall–Kier alpha value is -2.19. The smallest absolute Gasteiger partial charge is 0.325 e. The Labute approximate surface area is 151 Å². The molecule has 0 atom stereocenters. The summed E-state index contributed by atoms with van der Waals surface area (Å²) in [5.74, 6) is -1.49. The number of hydrogen-bond donors (Lipinski definition) is 2. The van der Waals surface area contributed by atoms with Gasteiger partial charge in [0, 0.05) is 10.2 Å². The van der Waals surface area contributed by atoms with Gasteiger partial charge in [0.05, 0.1) is 4.88 Å². The lowest BCUT2D eigenvalue weighted by atomic mass is 10.2. The molecule has 0 radical (unpaired) electrons. The number of thiophene rings is 1. The maximum absolute atomic E-state index is 11.7. The Morgan fingerprint density at radius 3 is 2.71 bits per heavy atom. The van der Waals surface area contributed by atoms with E-state index in [0.717, 1.165) is 10.0 Å². The van der Waals surface area contributed by atoms with Crippen LogP contribution >= 0.6 is 27.3 Å². The van der Waals surface area contributed by atoms with Gasteiger partial charge in [-0.2, -0.15) is 0 Å². The van der Waals surface area contributed by atoms with E-state index < -0.39 is 18.5 Å². The van der Waals surface area contributed by atoms with Crippen LogP contribution in [0.15, 0.2) is 40.2 Å². The number of halogens is 1. The lowest BCUT2D eigenvalue weighted by Gasteiger charge is -2.08. The minimum absolute atomic E-state index is 0.292. The molecule has 0 bridgehead atoms. The van der Waals surface area contributed by atoms with Crippen LogP contribution in [0.5, 0.6) is 0 Å². The van der Waals surface area contributed by atoms with Crippen molar-refractivity contribution in [2.75, 3.05) is 18.5 Å². The van der Waals surface area contributed by atoms with Crippen LogP contribution in [0.25, 0.3) is 0 Å². The normalized spacial score (nSPS) is 10.1. The summed E-state index contributed by atoms with van der Waals surface area (Å²) >= 11 is 4.64. The Kier molecular flexibility index (Phi) is 6.51. The monoisotopic (exact) mass is 410 g/mol. The van der Waals surface area contributed by atoms with E-state index in [9.17, 15) is 14.4 Å². The predicted molar refractivity (Wildman–Crippen MR) is 95.1 cm³/mol. The molecule has 2 N–H and O–H groups in total. The van der Waals surface area contributed by atoms with E-state index in [0.29, 0.717) is 10.6 Å². The first-order valence-corrected chi connectivity index (χ1v) is 8.66. The number of aryl methyl sites for hydroxylation is 1. The van der Waals surface area contributed by atoms with Crippen LogP contribution in [-0.2, 0) is 14.3 Å². The van der Waals surface area contributed by atoms with Gasteiger partial charge in [0.15, 0.2) is 6.61 Å². The fraction of sp³-hybridized carbons (Fsp3) is 0.188. The van der Waals surface area contributed by atoms with E-state index in [-0.39, 0.29) is 12.5 Å². The average Bonchev–Trinajstić information content (AvgIpc) is 3.08. The number of carbonyl (C=O) groups is 3. The third kappa shape index (κ3) is 5.47. The molecule has 1 aromatic heterocycles. The van der Waals surface area contributed by atoms with Gasteiger partial charge in [0.25, 0.3) is 11.8 Å². The summed E-state index contributed by atoms with van der Waals surface area (Å²) in [6.45, 7) is 1.22. The highest BCUT2D eigenvalue weighted by Gasteiger charge is 2.11. The summed E-state index contributed by atoms with van der Waals surface area (Å²) < 4.78 is 5.69. The van der Waals surface area contributed by atoms with Gasteiger partial charge in [-0.15, -0.1) is 11.3 Å². The van der Waals surface area contributed by atoms with Crippen molar-refractivity contribution in [2.24, 2.45) is 0 Å². The average molecular weight is 411 g/mol. The molecule has 0 aliphatic carbocycles. The Morgan fingerprint density at radius 1 is 1.25 bits per heavy atom. The molecule has 2 amide bonds. The van der Waals surface area contributed by atoms with E-state index >= 15 is 0 Å². The molecule has 126 valence electrons. The second kappa shape index (κ2) is 8.60. The third-order valence-electron chi connectivity index (χ3n) is 2.96. The zero-order chi connectivity index (χ0) is 17.5. The summed E-state index contributed by atoms with van der Waals surface area (Å²) in [5, 5.41) is 6.82. The molecular weight excluding hydrogens is 396 g/mol. The number of hydrogen-bond acceptors (Lipinski definition) is 5. The zero-order valence-corrected chi connectivity index (χ0v) is 15.2. The maximum Gasteiger partial charge on any atom is 0.325 e. The highest BCUT2D eigenvalue weighted by Crippen LogP contribution is 2.20. The second-order valence-electron chi connectivity index (χ2n) is 4.83. The highest BCUT2D eigenvalue weighted by molar-refractivity contribution is 9.10. The van der Waals surface area contributed by atoms with Gasteiger partial charge in [0.2, 0.25) is 0 Å². The van der Waals surface area contributed by atoms with Crippen molar-refractivity contribution in [2.45, 2.75) is 6.92 Å². The van der Waals surface area contributed by atoms with Crippen LogP contribution in [0, 0.1) is 6.92 Å². The molecule has 6 nitrogen and oxygen atoms in total. The van der Waals surface area contributed by atoms with Crippen LogP contribution in [0.2, 0.25) is 0 Å². The highest BCUT2D eigenvalue weighted by atomic mass is 79.9. The molecule has 0 saturated heterocycles. The number of carbonyl (C=O) groups excluding carboxylic acids is 3. The van der Waals surface area contributed by atoms with Crippen molar-refractivity contribution in [3.8, 4) is 0 Å². The van der Waals surface area contributed by atoms with Crippen molar-refractivity contribution < 1.29 is 19.1 Å². The minimum Gasteiger partial charge on any atom is -0.454 e. The van der Waals surface area contributed by atoms with Crippen LogP contribution in [-0.4, -0.2) is 30.9 Å². The molecule has 8 heteroatoms. The molecule has 24 heavy (non-hydrogen) atoms. The number of ether oxygens (including phenoxy) is 1. The molecule has 0 saturated carbocycles. The summed E-state index contributed by atoms with van der Waals surface area (Å²) in [7, 11) is 0. The fourth-order valence-corrected chi connectivity index (χ4v) is 2.73. The molecule has 0 aliphatic heterocycles. The van der Waals surface area contributed by atoms with Crippen molar-refractivity contribution in [1.29, 1.82) is 0 Å². The molecule has 0 spiro atoms. The van der Waals surface area contributed by atoms with E-state index in [1.165, 1.54) is 11.3 Å². The van der Waals surface area contributed by atoms with Gasteiger partial charge in [-0.05, 0) is 36.1 Å². The second-order valence-corrected chi connectivity index (χ2v) is 6.63. The van der Waals surface area contributed by atoms with Gasteiger partial charge in [-0.25, -0.2) is 0 Å². The number of esters is 1. The number of benzene rings is 1. The number of amides is 2. The van der Waals surface area contributed by atoms with Gasteiger partial charge in [0.1, 0.15) is 6.54 Å². The first kappa shape index (κ1) is 18.2. The van der Waals surface area contributed by atoms with E-state index in [4.69, 9.17) is 4.74 Å². The summed E-state index contributed by atoms with van der Waals surface area (Å²) in [4.78, 5) is 35.5. The molecule has 0 aliphatic rings. The van der Waals surface area contributed by atoms with E-state index in [1.807, 2.05) is 13.0 Å². The largest absolute Gasteiger partial charge is 0.454 e. The third-order valence-corrected chi connectivity index (χ3v) is 4.68. The topological polar surface area (TPSA) is 84.5 Å². The fourth-order valence-electron chi connectivity index (χ4n) is 1.71. The molecular formula is C16H15BrN2O4S. The Morgan fingerprint density at radius 2 is 2.04 bits per heavy atom. The number of nitrogens with one attached hydrogen (secondary N) is 2. The van der Waals surface area contributed by atoms with Gasteiger partial charge in [-0.3, -0.25) is 14.4 Å². The first-order valence-electron chi connectivity index (χ1n) is 6.99. The van der Waals surface area contributed by atoms with E-state index in [2.05, 4.69) is 26.6 Å². The van der Waals surface area contributed by atoms with Crippen molar-refractivity contribution >= 4 is 50.7 Å². The predicted octanol–water partition coefficient (Wildman–Crippen LogP) is 2.73. The lowest BCUT2D eigenvalue weighted by Crippen LogP contribution is -2.31.